The Morgan fingerprint density at radius 2 is 1.94 bits per heavy atom. The number of benzene rings is 1. The highest BCUT2D eigenvalue weighted by atomic mass is 35.5. The summed E-state index contributed by atoms with van der Waals surface area (Å²) in [6.07, 6.45) is 5.82. The van der Waals surface area contributed by atoms with E-state index in [1.165, 1.54) is 18.2 Å². The van der Waals surface area contributed by atoms with Crippen molar-refractivity contribution in [1.29, 1.82) is 0 Å². The number of hydrogen-bond acceptors (Lipinski definition) is 1. The van der Waals surface area contributed by atoms with Crippen molar-refractivity contribution in [2.45, 2.75) is 11.0 Å². The van der Waals surface area contributed by atoms with Gasteiger partial charge < -0.3 is 0 Å². The molecule has 1 aliphatic carbocycles. The highest BCUT2D eigenvalue weighted by molar-refractivity contribution is 6.26. The molecule has 0 aromatic heterocycles. The van der Waals surface area contributed by atoms with Crippen molar-refractivity contribution >= 4 is 17.4 Å². The van der Waals surface area contributed by atoms with E-state index in [1.807, 2.05) is 0 Å². The highest BCUT2D eigenvalue weighted by Crippen LogP contribution is 2.31. The predicted molar refractivity (Wildman–Crippen MR) is 62.5 cm³/mol. The molecule has 16 heavy (non-hydrogen) atoms. The van der Waals surface area contributed by atoms with E-state index >= 15 is 0 Å². The predicted octanol–water partition coefficient (Wildman–Crippen LogP) is 3.31. The van der Waals surface area contributed by atoms with Gasteiger partial charge in [-0.1, -0.05) is 48.6 Å². The molecule has 1 nitrogen and oxygen atoms in total. The van der Waals surface area contributed by atoms with Crippen LogP contribution < -0.4 is 0 Å². The molecule has 1 aliphatic rings. The molecule has 2 rings (SSSR count). The summed E-state index contributed by atoms with van der Waals surface area (Å²) in [4.78, 5) is 12.0. The van der Waals surface area contributed by atoms with Gasteiger partial charge in [0, 0.05) is 5.56 Å². The van der Waals surface area contributed by atoms with Crippen molar-refractivity contribution in [2.75, 3.05) is 0 Å². The second kappa shape index (κ2) is 4.22. The fourth-order valence-electron chi connectivity index (χ4n) is 1.60. The number of carbonyl (C=O) groups is 1. The number of rotatable bonds is 2. The molecule has 0 heterocycles. The minimum absolute atomic E-state index is 0.329. The van der Waals surface area contributed by atoms with Gasteiger partial charge in [0.05, 0.1) is 5.38 Å². The van der Waals surface area contributed by atoms with Crippen LogP contribution in [-0.4, -0.2) is 16.8 Å². The van der Waals surface area contributed by atoms with Gasteiger partial charge in [-0.3, -0.25) is 4.79 Å². The summed E-state index contributed by atoms with van der Waals surface area (Å²) in [6.45, 7) is 0. The molecule has 2 atom stereocenters. The Bertz CT molecular complexity index is 452. The van der Waals surface area contributed by atoms with Gasteiger partial charge >= 0.3 is 0 Å². The molecular formula is C13H10ClFO. The molecule has 2 unspecified atom stereocenters. The lowest BCUT2D eigenvalue weighted by atomic mass is 9.88. The first-order valence-corrected chi connectivity index (χ1v) is 5.37. The number of Topliss-reactive ketones (excluding diaryl/α,β-unsaturated/α-hetero) is 1. The minimum atomic E-state index is -2.14. The summed E-state index contributed by atoms with van der Waals surface area (Å²) in [5.41, 5.74) is -1.81. The number of halogens is 2. The van der Waals surface area contributed by atoms with Gasteiger partial charge in [0.25, 0.3) is 0 Å². The first-order valence-electron chi connectivity index (χ1n) is 4.93. The zero-order valence-corrected chi connectivity index (χ0v) is 9.19. The van der Waals surface area contributed by atoms with E-state index in [9.17, 15) is 9.18 Å². The lowest BCUT2D eigenvalue weighted by molar-refractivity contribution is 0.0786. The molecule has 3 heteroatoms. The van der Waals surface area contributed by atoms with Crippen molar-refractivity contribution in [3.8, 4) is 0 Å². The summed E-state index contributed by atoms with van der Waals surface area (Å²) in [5.74, 6) is -0.603. The van der Waals surface area contributed by atoms with Crippen LogP contribution in [0.2, 0.25) is 0 Å². The number of allylic oxidation sites excluding steroid dienone is 4. The molecule has 0 spiro atoms. The van der Waals surface area contributed by atoms with Crippen molar-refractivity contribution in [3.63, 3.8) is 0 Å². The van der Waals surface area contributed by atoms with Crippen LogP contribution in [0.25, 0.3) is 0 Å². The third-order valence-electron chi connectivity index (χ3n) is 2.52. The Kier molecular flexibility index (Phi) is 2.92. The monoisotopic (exact) mass is 236 g/mol. The van der Waals surface area contributed by atoms with Crippen molar-refractivity contribution in [1.82, 2.24) is 0 Å². The van der Waals surface area contributed by atoms with Gasteiger partial charge in [-0.2, -0.15) is 0 Å². The Morgan fingerprint density at radius 3 is 2.56 bits per heavy atom. The van der Waals surface area contributed by atoms with Gasteiger partial charge in [-0.05, 0) is 6.08 Å². The summed E-state index contributed by atoms with van der Waals surface area (Å²) < 4.78 is 14.4. The number of ketones is 1. The smallest absolute Gasteiger partial charge is 0.211 e. The van der Waals surface area contributed by atoms with E-state index in [1.54, 1.807) is 36.4 Å². The molecule has 1 aromatic carbocycles. The van der Waals surface area contributed by atoms with Gasteiger partial charge in [-0.15, -0.1) is 11.6 Å². The van der Waals surface area contributed by atoms with Gasteiger partial charge in [-0.25, -0.2) is 4.39 Å². The van der Waals surface area contributed by atoms with Crippen LogP contribution in [0.3, 0.4) is 0 Å². The van der Waals surface area contributed by atoms with E-state index in [0.717, 1.165) is 0 Å². The minimum Gasteiger partial charge on any atom is -0.290 e. The van der Waals surface area contributed by atoms with Crippen LogP contribution in [0.1, 0.15) is 10.4 Å². The molecule has 0 radical (unpaired) electrons. The Morgan fingerprint density at radius 1 is 1.25 bits per heavy atom. The van der Waals surface area contributed by atoms with E-state index in [0.29, 0.717) is 5.56 Å². The maximum atomic E-state index is 14.4. The van der Waals surface area contributed by atoms with Crippen molar-refractivity contribution in [2.24, 2.45) is 0 Å². The summed E-state index contributed by atoms with van der Waals surface area (Å²) in [5, 5.41) is -0.954. The zero-order valence-electron chi connectivity index (χ0n) is 8.44. The quantitative estimate of drug-likeness (QED) is 0.569. The average Bonchev–Trinajstić information content (AvgIpc) is 2.33. The Balaban J connectivity index is 2.35. The molecule has 0 aliphatic heterocycles. The maximum absolute atomic E-state index is 14.4. The van der Waals surface area contributed by atoms with Crippen LogP contribution in [0.5, 0.6) is 0 Å². The average molecular weight is 237 g/mol. The number of carbonyl (C=O) groups excluding carboxylic acids is 1. The summed E-state index contributed by atoms with van der Waals surface area (Å²) >= 11 is 5.83. The Hall–Kier alpha value is -1.41. The highest BCUT2D eigenvalue weighted by Gasteiger charge is 2.43. The summed E-state index contributed by atoms with van der Waals surface area (Å²) in [7, 11) is 0. The van der Waals surface area contributed by atoms with E-state index in [2.05, 4.69) is 0 Å². The molecule has 1 aromatic rings. The van der Waals surface area contributed by atoms with Crippen LogP contribution >= 0.6 is 11.6 Å². The molecule has 0 saturated carbocycles. The lowest BCUT2D eigenvalue weighted by Gasteiger charge is -2.25. The van der Waals surface area contributed by atoms with Gasteiger partial charge in [0.2, 0.25) is 11.5 Å². The van der Waals surface area contributed by atoms with E-state index < -0.39 is 16.8 Å². The third kappa shape index (κ3) is 1.81. The molecule has 0 amide bonds. The molecule has 0 saturated heterocycles. The van der Waals surface area contributed by atoms with Gasteiger partial charge in [0.15, 0.2) is 0 Å². The number of alkyl halides is 2. The lowest BCUT2D eigenvalue weighted by Crippen LogP contribution is -2.41. The van der Waals surface area contributed by atoms with Crippen molar-refractivity contribution in [3.05, 3.63) is 60.2 Å². The number of hydrogen-bond donors (Lipinski definition) is 0. The Labute approximate surface area is 98.2 Å². The first kappa shape index (κ1) is 11.1. The molecule has 82 valence electrons. The van der Waals surface area contributed by atoms with Crippen molar-refractivity contribution < 1.29 is 9.18 Å². The summed E-state index contributed by atoms with van der Waals surface area (Å²) in [6, 6.07) is 8.33. The molecular weight excluding hydrogens is 227 g/mol. The standard InChI is InChI=1S/C13H10ClFO/c14-11-8-4-5-9-13(11,15)12(16)10-6-2-1-3-7-10/h1-9,11H. The second-order valence-corrected chi connectivity index (χ2v) is 4.08. The van der Waals surface area contributed by atoms with E-state index in [-0.39, 0.29) is 0 Å². The fourth-order valence-corrected chi connectivity index (χ4v) is 1.86. The van der Waals surface area contributed by atoms with Crippen LogP contribution in [0.4, 0.5) is 4.39 Å². The normalized spacial score (nSPS) is 28.0. The maximum Gasteiger partial charge on any atom is 0.211 e. The topological polar surface area (TPSA) is 17.1 Å². The van der Waals surface area contributed by atoms with Gasteiger partial charge in [0.1, 0.15) is 0 Å². The van der Waals surface area contributed by atoms with E-state index in [4.69, 9.17) is 11.6 Å². The SMILES string of the molecule is O=C(c1ccccc1)C1(F)C=CC=CC1Cl. The first-order chi connectivity index (χ1) is 7.64. The molecule has 0 fully saturated rings. The van der Waals surface area contributed by atoms with Crippen LogP contribution in [-0.2, 0) is 0 Å². The second-order valence-electron chi connectivity index (χ2n) is 3.61. The molecule has 0 N–H and O–H groups in total. The zero-order chi connectivity index (χ0) is 11.6. The van der Waals surface area contributed by atoms with Crippen LogP contribution in [0, 0.1) is 0 Å². The molecule has 0 bridgehead atoms. The largest absolute Gasteiger partial charge is 0.290 e. The fraction of sp³-hybridized carbons (Fsp3) is 0.154. The third-order valence-corrected chi connectivity index (χ3v) is 2.98. The van der Waals surface area contributed by atoms with Crippen LogP contribution in [0.15, 0.2) is 54.6 Å².